The van der Waals surface area contributed by atoms with E-state index in [4.69, 9.17) is 0 Å². The number of piperidine rings is 1. The van der Waals surface area contributed by atoms with Gasteiger partial charge in [-0.1, -0.05) is 78.7 Å². The number of benzene rings is 2. The first-order valence-electron chi connectivity index (χ1n) is 12.1. The average Bonchev–Trinajstić information content (AvgIpc) is 3.12. The summed E-state index contributed by atoms with van der Waals surface area (Å²) < 4.78 is 0. The number of likely N-dealkylation sites (tertiary alicyclic amines) is 1. The molecule has 1 unspecified atom stereocenters. The number of nitrogens with one attached hydrogen (secondary N) is 1. The van der Waals surface area contributed by atoms with E-state index < -0.39 is 5.54 Å². The third-order valence-electron chi connectivity index (χ3n) is 7.02. The Hall–Kier alpha value is -3.36. The molecule has 2 aliphatic rings. The molecule has 2 aromatic rings. The molecule has 2 aliphatic heterocycles. The summed E-state index contributed by atoms with van der Waals surface area (Å²) in [6.07, 6.45) is 7.48. The van der Waals surface area contributed by atoms with E-state index in [2.05, 4.69) is 58.5 Å². The van der Waals surface area contributed by atoms with Crippen LogP contribution in [0.4, 0.5) is 4.79 Å². The fourth-order valence-electron chi connectivity index (χ4n) is 5.09. The van der Waals surface area contributed by atoms with E-state index >= 15 is 0 Å². The smallest absolute Gasteiger partial charge is 0.323 e. The Bertz CT molecular complexity index is 1060. The summed E-state index contributed by atoms with van der Waals surface area (Å²) in [5, 5.41) is 3.13. The molecule has 1 N–H and O–H groups in total. The number of amides is 3. The lowest BCUT2D eigenvalue weighted by Gasteiger charge is -2.40. The molecule has 2 aromatic carbocycles. The lowest BCUT2D eigenvalue weighted by atomic mass is 9.74. The number of carbonyl (C=O) groups excluding carboxylic acids is 2. The van der Waals surface area contributed by atoms with Gasteiger partial charge >= 0.3 is 6.03 Å². The molecule has 2 fully saturated rings. The highest BCUT2D eigenvalue weighted by molar-refractivity contribution is 6.07. The SMILES string of the molecule is CC#CCN1C(=O)NC(CCc2ccccc2)(C2CCN(CC=Cc3ccccc3)CC2)C1=O. The maximum absolute atomic E-state index is 13.6. The number of hydrogen-bond acceptors (Lipinski definition) is 3. The Morgan fingerprint density at radius 2 is 1.71 bits per heavy atom. The van der Waals surface area contributed by atoms with Crippen molar-refractivity contribution >= 4 is 18.0 Å². The van der Waals surface area contributed by atoms with Crippen molar-refractivity contribution in [3.8, 4) is 11.8 Å². The van der Waals surface area contributed by atoms with Crippen LogP contribution in [0.1, 0.15) is 37.3 Å². The zero-order valence-corrected chi connectivity index (χ0v) is 19.9. The van der Waals surface area contributed by atoms with Gasteiger partial charge in [-0.2, -0.15) is 0 Å². The van der Waals surface area contributed by atoms with Crippen molar-refractivity contribution in [2.24, 2.45) is 5.92 Å². The van der Waals surface area contributed by atoms with Crippen LogP contribution in [0, 0.1) is 17.8 Å². The molecule has 0 radical (unpaired) electrons. The van der Waals surface area contributed by atoms with E-state index in [0.717, 1.165) is 38.9 Å². The highest BCUT2D eigenvalue weighted by atomic mass is 16.2. The Kier molecular flexibility index (Phi) is 7.82. The molecule has 0 bridgehead atoms. The van der Waals surface area contributed by atoms with Crippen molar-refractivity contribution < 1.29 is 9.59 Å². The first kappa shape index (κ1) is 23.8. The van der Waals surface area contributed by atoms with Gasteiger partial charge in [-0.05, 0) is 62.7 Å². The standard InChI is InChI=1S/C29H33N3O2/c1-2-3-21-32-27(33)29(30-28(32)34,19-16-25-13-8-5-9-14-25)26-17-22-31(23-18-26)20-10-15-24-11-6-4-7-12-24/h4-15,26H,16-23H2,1H3,(H,30,34). The van der Waals surface area contributed by atoms with Crippen molar-refractivity contribution in [1.29, 1.82) is 0 Å². The first-order valence-corrected chi connectivity index (χ1v) is 12.1. The van der Waals surface area contributed by atoms with Gasteiger partial charge in [-0.25, -0.2) is 4.79 Å². The van der Waals surface area contributed by atoms with Crippen LogP contribution in [-0.4, -0.2) is 53.5 Å². The molecule has 3 amide bonds. The van der Waals surface area contributed by atoms with E-state index in [1.165, 1.54) is 16.0 Å². The third kappa shape index (κ3) is 5.40. The predicted molar refractivity (Wildman–Crippen MR) is 136 cm³/mol. The van der Waals surface area contributed by atoms with E-state index in [-0.39, 0.29) is 24.4 Å². The number of urea groups is 1. The second-order valence-electron chi connectivity index (χ2n) is 9.09. The molecule has 2 heterocycles. The van der Waals surface area contributed by atoms with Gasteiger partial charge in [-0.15, -0.1) is 5.92 Å². The quantitative estimate of drug-likeness (QED) is 0.475. The average molecular weight is 456 g/mol. The molecular weight excluding hydrogens is 422 g/mol. The monoisotopic (exact) mass is 455 g/mol. The Balaban J connectivity index is 1.44. The van der Waals surface area contributed by atoms with Gasteiger partial charge in [0.1, 0.15) is 5.54 Å². The van der Waals surface area contributed by atoms with Gasteiger partial charge in [0, 0.05) is 6.54 Å². The van der Waals surface area contributed by atoms with E-state index in [9.17, 15) is 9.59 Å². The number of carbonyl (C=O) groups is 2. The molecule has 0 aliphatic carbocycles. The minimum atomic E-state index is -0.853. The minimum Gasteiger partial charge on any atom is -0.323 e. The van der Waals surface area contributed by atoms with Crippen molar-refractivity contribution in [1.82, 2.24) is 15.1 Å². The number of aryl methyl sites for hydroxylation is 1. The number of rotatable bonds is 8. The highest BCUT2D eigenvalue weighted by Gasteiger charge is 2.55. The van der Waals surface area contributed by atoms with Crippen molar-refractivity contribution in [2.75, 3.05) is 26.2 Å². The normalized spacial score (nSPS) is 21.5. The summed E-state index contributed by atoms with van der Waals surface area (Å²) in [4.78, 5) is 30.2. The van der Waals surface area contributed by atoms with Crippen LogP contribution >= 0.6 is 0 Å². The van der Waals surface area contributed by atoms with Gasteiger partial charge in [0.25, 0.3) is 5.91 Å². The summed E-state index contributed by atoms with van der Waals surface area (Å²) in [6, 6.07) is 20.2. The maximum atomic E-state index is 13.6. The fraction of sp³-hybridized carbons (Fsp3) is 0.379. The number of nitrogens with zero attached hydrogens (tertiary/aromatic N) is 2. The van der Waals surface area contributed by atoms with Crippen LogP contribution in [0.3, 0.4) is 0 Å². The molecule has 4 rings (SSSR count). The molecule has 0 spiro atoms. The lowest BCUT2D eigenvalue weighted by Crippen LogP contribution is -2.56. The zero-order valence-electron chi connectivity index (χ0n) is 19.9. The lowest BCUT2D eigenvalue weighted by molar-refractivity contribution is -0.133. The van der Waals surface area contributed by atoms with E-state index in [0.29, 0.717) is 6.42 Å². The second-order valence-corrected chi connectivity index (χ2v) is 9.09. The second kappa shape index (κ2) is 11.2. The van der Waals surface area contributed by atoms with E-state index in [1.807, 2.05) is 36.4 Å². The predicted octanol–water partition coefficient (Wildman–Crippen LogP) is 4.36. The van der Waals surface area contributed by atoms with Crippen LogP contribution in [0.25, 0.3) is 6.08 Å². The summed E-state index contributed by atoms with van der Waals surface area (Å²) >= 11 is 0. The minimum absolute atomic E-state index is 0.112. The maximum Gasteiger partial charge on any atom is 0.325 e. The van der Waals surface area contributed by atoms with E-state index in [1.54, 1.807) is 6.92 Å². The zero-order chi connectivity index (χ0) is 23.8. The van der Waals surface area contributed by atoms with Crippen LogP contribution in [0.2, 0.25) is 0 Å². The van der Waals surface area contributed by atoms with Crippen molar-refractivity contribution in [3.63, 3.8) is 0 Å². The molecule has 0 aromatic heterocycles. The highest BCUT2D eigenvalue weighted by Crippen LogP contribution is 2.37. The van der Waals surface area contributed by atoms with Crippen LogP contribution in [0.15, 0.2) is 66.7 Å². The fourth-order valence-corrected chi connectivity index (χ4v) is 5.09. The van der Waals surface area contributed by atoms with Gasteiger partial charge in [-0.3, -0.25) is 14.6 Å². The molecule has 5 heteroatoms. The van der Waals surface area contributed by atoms with Crippen molar-refractivity contribution in [2.45, 2.75) is 38.1 Å². The molecule has 2 saturated heterocycles. The molecule has 176 valence electrons. The number of hydrogen-bond donors (Lipinski definition) is 1. The summed E-state index contributed by atoms with van der Waals surface area (Å²) in [5.41, 5.74) is 1.53. The summed E-state index contributed by atoms with van der Waals surface area (Å²) in [6.45, 7) is 4.58. The molecular formula is C29H33N3O2. The Morgan fingerprint density at radius 3 is 2.38 bits per heavy atom. The molecule has 0 saturated carbocycles. The largest absolute Gasteiger partial charge is 0.325 e. The van der Waals surface area contributed by atoms with Gasteiger partial charge in [0.2, 0.25) is 0 Å². The Labute approximate surface area is 202 Å². The van der Waals surface area contributed by atoms with Gasteiger partial charge in [0.15, 0.2) is 0 Å². The van der Waals surface area contributed by atoms with Gasteiger partial charge in [0.05, 0.1) is 6.54 Å². The van der Waals surface area contributed by atoms with Crippen molar-refractivity contribution in [3.05, 3.63) is 77.9 Å². The molecule has 5 nitrogen and oxygen atoms in total. The summed E-state index contributed by atoms with van der Waals surface area (Å²) in [7, 11) is 0. The topological polar surface area (TPSA) is 52.7 Å². The molecule has 34 heavy (non-hydrogen) atoms. The van der Waals surface area contributed by atoms with Crippen LogP contribution < -0.4 is 5.32 Å². The summed E-state index contributed by atoms with van der Waals surface area (Å²) in [5.74, 6) is 5.69. The third-order valence-corrected chi connectivity index (χ3v) is 7.02. The Morgan fingerprint density at radius 1 is 1.03 bits per heavy atom. The van der Waals surface area contributed by atoms with Gasteiger partial charge < -0.3 is 5.32 Å². The van der Waals surface area contributed by atoms with Crippen LogP contribution in [0.5, 0.6) is 0 Å². The molecule has 1 atom stereocenters. The first-order chi connectivity index (χ1) is 16.6. The van der Waals surface area contributed by atoms with Crippen LogP contribution in [-0.2, 0) is 11.2 Å². The number of imide groups is 1.